The molecular weight excluding hydrogens is 872 g/mol. The highest BCUT2D eigenvalue weighted by atomic mass is 16.8. The Morgan fingerprint density at radius 3 is 0.906 bits per heavy atom. The topological polar surface area (TPSA) is 329 Å². The van der Waals surface area contributed by atoms with E-state index in [1.54, 1.807) is 0 Å². The van der Waals surface area contributed by atoms with Crippen molar-refractivity contribution in [3.8, 4) is 0 Å². The van der Waals surface area contributed by atoms with Crippen molar-refractivity contribution in [2.75, 3.05) is 19.8 Å². The van der Waals surface area contributed by atoms with Crippen molar-refractivity contribution < 1.29 is 124 Å². The smallest absolute Gasteiger partial charge is 0.303 e. The van der Waals surface area contributed by atoms with Gasteiger partial charge in [0.15, 0.2) is 61.6 Å². The molecule has 3 fully saturated rings. The van der Waals surface area contributed by atoms with E-state index in [1.807, 2.05) is 0 Å². The molecule has 0 spiro atoms. The van der Waals surface area contributed by atoms with Crippen LogP contribution in [-0.4, -0.2) is 177 Å². The molecule has 0 amide bonds. The zero-order valence-electron chi connectivity index (χ0n) is 36.4. The van der Waals surface area contributed by atoms with Crippen LogP contribution >= 0.6 is 0 Å². The van der Waals surface area contributed by atoms with Crippen LogP contribution in [-0.2, 0) is 119 Å². The largest absolute Gasteiger partial charge is 0.463 e. The molecule has 3 unspecified atom stereocenters. The van der Waals surface area contributed by atoms with E-state index >= 15 is 0 Å². The number of carbonyl (C=O) groups is 10. The second-order valence-corrected chi connectivity index (χ2v) is 14.3. The Kier molecular flexibility index (Phi) is 19.8. The van der Waals surface area contributed by atoms with E-state index in [0.717, 1.165) is 69.2 Å². The summed E-state index contributed by atoms with van der Waals surface area (Å²) in [6.45, 7) is 7.65. The summed E-state index contributed by atoms with van der Waals surface area (Å²) in [4.78, 5) is 124. The number of hydrogen-bond acceptors (Lipinski definition) is 26. The minimum atomic E-state index is -2.02. The molecule has 0 saturated carbocycles. The van der Waals surface area contributed by atoms with Crippen LogP contribution in [0.3, 0.4) is 0 Å². The summed E-state index contributed by atoms with van der Waals surface area (Å²) >= 11 is 0. The standard InChI is InChI=1S/C38H52O26/c1-14(39)50-11-24-28(30(54-18(5)43)33(36(49)60-24)57-21(8)46)63-38-35(59-23(10)48)32(56-20(7)45)29(26(62-38)13-52-16(3)41)64-37-34(58-22(9)47)31(55-19(6)44)27(53-17(4)42)25(61-37)12-51-15(2)40/h24-38,49H,11-13H2,1-10H3/t24?,25?,26?,27-,28-,29+,30-,31+,32+,33+,34-,35+,36-,37+,38+/m1/s1. The third-order valence-electron chi connectivity index (χ3n) is 8.84. The normalized spacial score (nSPS) is 32.3. The van der Waals surface area contributed by atoms with Crippen LogP contribution in [0.25, 0.3) is 0 Å². The van der Waals surface area contributed by atoms with Gasteiger partial charge in [-0.05, 0) is 0 Å². The molecule has 0 bridgehead atoms. The summed E-state index contributed by atoms with van der Waals surface area (Å²) in [5.41, 5.74) is 0. The van der Waals surface area contributed by atoms with Crippen LogP contribution in [0.2, 0.25) is 0 Å². The number of esters is 10. The zero-order chi connectivity index (χ0) is 48.2. The minimum absolute atomic E-state index is 0.681. The van der Waals surface area contributed by atoms with Gasteiger partial charge in [-0.15, -0.1) is 0 Å². The van der Waals surface area contributed by atoms with E-state index in [-0.39, 0.29) is 0 Å². The average molecular weight is 925 g/mol. The molecule has 3 saturated heterocycles. The highest BCUT2D eigenvalue weighted by Gasteiger charge is 2.59. The fraction of sp³-hybridized carbons (Fsp3) is 0.737. The number of hydrogen-bond donors (Lipinski definition) is 1. The molecule has 0 aliphatic carbocycles. The molecule has 64 heavy (non-hydrogen) atoms. The maximum Gasteiger partial charge on any atom is 0.303 e. The van der Waals surface area contributed by atoms with Crippen molar-refractivity contribution in [1.29, 1.82) is 0 Å². The van der Waals surface area contributed by atoms with Crippen LogP contribution in [0, 0.1) is 0 Å². The van der Waals surface area contributed by atoms with Gasteiger partial charge in [0.1, 0.15) is 50.3 Å². The van der Waals surface area contributed by atoms with Crippen molar-refractivity contribution in [3.63, 3.8) is 0 Å². The average Bonchev–Trinajstić information content (AvgIpc) is 3.15. The number of rotatable bonds is 17. The van der Waals surface area contributed by atoms with Crippen LogP contribution in [0.5, 0.6) is 0 Å². The molecule has 0 radical (unpaired) electrons. The predicted molar refractivity (Wildman–Crippen MR) is 197 cm³/mol. The predicted octanol–water partition coefficient (Wildman–Crippen LogP) is -1.86. The number of ether oxygens (including phenoxy) is 15. The third kappa shape index (κ3) is 15.6. The fourth-order valence-corrected chi connectivity index (χ4v) is 6.77. The van der Waals surface area contributed by atoms with Gasteiger partial charge in [0.2, 0.25) is 0 Å². The van der Waals surface area contributed by atoms with Gasteiger partial charge in [-0.25, -0.2) is 0 Å². The second-order valence-electron chi connectivity index (χ2n) is 14.3. The van der Waals surface area contributed by atoms with E-state index in [9.17, 15) is 53.1 Å². The summed E-state index contributed by atoms with van der Waals surface area (Å²) in [5.74, 6) is -9.61. The third-order valence-corrected chi connectivity index (χ3v) is 8.84. The van der Waals surface area contributed by atoms with Crippen molar-refractivity contribution in [2.45, 2.75) is 161 Å². The first kappa shape index (κ1) is 52.8. The molecule has 3 heterocycles. The van der Waals surface area contributed by atoms with E-state index in [0.29, 0.717) is 0 Å². The Morgan fingerprint density at radius 1 is 0.328 bits per heavy atom. The lowest BCUT2D eigenvalue weighted by Gasteiger charge is -2.50. The molecule has 15 atom stereocenters. The van der Waals surface area contributed by atoms with E-state index in [2.05, 4.69) is 0 Å². The van der Waals surface area contributed by atoms with Gasteiger partial charge in [0.05, 0.1) is 0 Å². The molecule has 26 heteroatoms. The van der Waals surface area contributed by atoms with Crippen molar-refractivity contribution >= 4 is 59.7 Å². The molecule has 0 aromatic heterocycles. The zero-order valence-corrected chi connectivity index (χ0v) is 36.4. The van der Waals surface area contributed by atoms with Crippen molar-refractivity contribution in [3.05, 3.63) is 0 Å². The number of aliphatic hydroxyl groups excluding tert-OH is 1. The van der Waals surface area contributed by atoms with Crippen LogP contribution in [0.1, 0.15) is 69.2 Å². The molecule has 3 rings (SSSR count). The Labute approximate surface area is 364 Å². The molecule has 3 aliphatic heterocycles. The lowest BCUT2D eigenvalue weighted by atomic mass is 9.95. The van der Waals surface area contributed by atoms with Crippen LogP contribution in [0.15, 0.2) is 0 Å². The van der Waals surface area contributed by atoms with E-state index in [4.69, 9.17) is 71.1 Å². The maximum atomic E-state index is 12.9. The first-order chi connectivity index (χ1) is 29.9. The summed E-state index contributed by atoms with van der Waals surface area (Å²) < 4.78 is 84.2. The molecule has 26 nitrogen and oxygen atoms in total. The van der Waals surface area contributed by atoms with Gasteiger partial charge in [0.25, 0.3) is 0 Å². The van der Waals surface area contributed by atoms with Gasteiger partial charge < -0.3 is 76.2 Å². The fourth-order valence-electron chi connectivity index (χ4n) is 6.77. The van der Waals surface area contributed by atoms with Gasteiger partial charge in [-0.1, -0.05) is 0 Å². The Balaban J connectivity index is 2.28. The van der Waals surface area contributed by atoms with Gasteiger partial charge in [0, 0.05) is 69.2 Å². The van der Waals surface area contributed by atoms with Gasteiger partial charge in [-0.2, -0.15) is 0 Å². The van der Waals surface area contributed by atoms with Gasteiger partial charge >= 0.3 is 59.7 Å². The molecular formula is C38H52O26. The van der Waals surface area contributed by atoms with Crippen LogP contribution in [0.4, 0.5) is 0 Å². The molecule has 360 valence electrons. The Hall–Kier alpha value is -5.54. The highest BCUT2D eigenvalue weighted by molar-refractivity contribution is 5.70. The lowest BCUT2D eigenvalue weighted by molar-refractivity contribution is -0.378. The molecule has 0 aromatic rings. The molecule has 0 aromatic carbocycles. The van der Waals surface area contributed by atoms with E-state index in [1.165, 1.54) is 0 Å². The van der Waals surface area contributed by atoms with Crippen molar-refractivity contribution in [1.82, 2.24) is 0 Å². The first-order valence-corrected chi connectivity index (χ1v) is 19.4. The summed E-state index contributed by atoms with van der Waals surface area (Å²) in [7, 11) is 0. The first-order valence-electron chi connectivity index (χ1n) is 19.4. The van der Waals surface area contributed by atoms with Crippen LogP contribution < -0.4 is 0 Å². The summed E-state index contributed by atoms with van der Waals surface area (Å²) in [6.07, 6.45) is -27.2. The Morgan fingerprint density at radius 2 is 0.578 bits per heavy atom. The summed E-state index contributed by atoms with van der Waals surface area (Å²) in [6, 6.07) is 0. The monoisotopic (exact) mass is 924 g/mol. The number of carbonyl (C=O) groups excluding carboxylic acids is 10. The van der Waals surface area contributed by atoms with Gasteiger partial charge in [-0.3, -0.25) is 47.9 Å². The number of aliphatic hydroxyl groups is 1. The summed E-state index contributed by atoms with van der Waals surface area (Å²) in [5, 5.41) is 10.9. The second kappa shape index (κ2) is 23.9. The highest BCUT2D eigenvalue weighted by Crippen LogP contribution is 2.38. The molecule has 1 N–H and O–H groups in total. The van der Waals surface area contributed by atoms with Crippen molar-refractivity contribution in [2.24, 2.45) is 0 Å². The SMILES string of the molecule is CC(=O)OCC1O[C@@H](O[C@H]2C(COC(C)=O)O[C@@H](O[C@@H]3C(COC(C)=O)O[C@@H](O)[C@@H](OC(C)=O)[C@@H]3OC(C)=O)[C@@H](OC(C)=O)[C@H]2OC(C)=O)[C@H](OC(C)=O)[C@@H](OC(C)=O)[C@@H]1OC(C)=O. The molecule has 3 aliphatic rings. The quantitative estimate of drug-likeness (QED) is 0.123. The lowest BCUT2D eigenvalue weighted by Crippen LogP contribution is -2.68. The Bertz CT molecular complexity index is 1730. The minimum Gasteiger partial charge on any atom is -0.463 e. The van der Waals surface area contributed by atoms with E-state index < -0.39 is 172 Å². The maximum absolute atomic E-state index is 12.9.